The first kappa shape index (κ1) is 28.3. The molecule has 0 saturated heterocycles. The summed E-state index contributed by atoms with van der Waals surface area (Å²) in [6.07, 6.45) is 2.35. The van der Waals surface area contributed by atoms with Crippen LogP contribution in [0.5, 0.6) is 0 Å². The minimum Gasteiger partial charge on any atom is -0.377 e. The molecular weight excluding hydrogens is 511 g/mol. The maximum Gasteiger partial charge on any atom is 0.424 e. The molecule has 0 saturated carbocycles. The fourth-order valence-electron chi connectivity index (χ4n) is 5.70. The molecule has 1 aromatic heterocycles. The van der Waals surface area contributed by atoms with Crippen LogP contribution in [-0.4, -0.2) is 26.1 Å². The number of nitrogens with zero attached hydrogens (tertiary/aromatic N) is 2. The van der Waals surface area contributed by atoms with E-state index in [2.05, 4.69) is 121 Å². The van der Waals surface area contributed by atoms with Crippen LogP contribution >= 0.6 is 0 Å². The van der Waals surface area contributed by atoms with Crippen molar-refractivity contribution in [1.82, 2.24) is 0 Å². The first-order chi connectivity index (χ1) is 20.6. The monoisotopic (exact) mass is 546 g/mol. The summed E-state index contributed by atoms with van der Waals surface area (Å²) in [6.45, 7) is 0. The van der Waals surface area contributed by atoms with E-state index in [1.165, 1.54) is 21.9 Å². The van der Waals surface area contributed by atoms with Gasteiger partial charge in [-0.1, -0.05) is 140 Å². The Hall–Kier alpha value is -5.22. The number of carbonyl (C=O) groups is 1. The zero-order valence-corrected chi connectivity index (χ0v) is 24.1. The normalized spacial score (nSPS) is 10.7. The molecule has 0 spiro atoms. The number of hydrogen-bond donors (Lipinski definition) is 0. The Bertz CT molecular complexity index is 1510. The van der Waals surface area contributed by atoms with E-state index >= 15 is 0 Å². The summed E-state index contributed by atoms with van der Waals surface area (Å²) in [6, 6.07) is 56.6. The van der Waals surface area contributed by atoms with Crippen molar-refractivity contribution >= 4 is 39.6 Å². The predicted octanol–water partition coefficient (Wildman–Crippen LogP) is 4.79. The summed E-state index contributed by atoms with van der Waals surface area (Å²) in [5, 5.41) is 0. The fraction of sp³-hybridized carbons (Fsp3) is 0.0526. The van der Waals surface area contributed by atoms with Crippen LogP contribution in [0.1, 0.15) is 10.4 Å². The maximum absolute atomic E-state index is 12.1. The minimum absolute atomic E-state index is 0.0177. The van der Waals surface area contributed by atoms with Crippen molar-refractivity contribution in [2.45, 2.75) is 0 Å². The molecule has 0 radical (unpaired) electrons. The molecule has 0 aliphatic carbocycles. The molecule has 4 heteroatoms. The molecular formula is C38H35BN2O. The fourth-order valence-corrected chi connectivity index (χ4v) is 5.70. The molecule has 0 unspecified atom stereocenters. The molecule has 5 aromatic carbocycles. The second-order valence-corrected chi connectivity index (χ2v) is 10.5. The third-order valence-corrected chi connectivity index (χ3v) is 7.78. The number of anilines is 1. The van der Waals surface area contributed by atoms with E-state index in [4.69, 9.17) is 0 Å². The van der Waals surface area contributed by atoms with E-state index in [-0.39, 0.29) is 5.91 Å². The van der Waals surface area contributed by atoms with Crippen molar-refractivity contribution in [3.8, 4) is 0 Å². The van der Waals surface area contributed by atoms with Gasteiger partial charge in [-0.05, 0) is 12.1 Å². The van der Waals surface area contributed by atoms with E-state index in [9.17, 15) is 4.79 Å². The van der Waals surface area contributed by atoms with Gasteiger partial charge in [0.2, 0.25) is 0 Å². The van der Waals surface area contributed by atoms with Gasteiger partial charge in [0.15, 0.2) is 12.4 Å². The Kier molecular flexibility index (Phi) is 9.05. The number of carbonyl (C=O) groups excluding carboxylic acids is 1. The topological polar surface area (TPSA) is 24.2 Å². The number of pyridine rings is 1. The number of benzene rings is 5. The van der Waals surface area contributed by atoms with Crippen LogP contribution in [0.25, 0.3) is 0 Å². The van der Waals surface area contributed by atoms with Crippen molar-refractivity contribution in [3.05, 3.63) is 182 Å². The number of rotatable bonds is 6. The molecule has 0 atom stereocenters. The third kappa shape index (κ3) is 6.08. The molecule has 0 fully saturated rings. The van der Waals surface area contributed by atoms with Gasteiger partial charge in [0.1, 0.15) is 6.15 Å². The quantitative estimate of drug-likeness (QED) is 0.222. The standard InChI is InChI=1S/C24H20B.C14H15N2O/c1-5-13-21(14-6-1)25(22-15-7-2-8-16-22,23-17-9-3-10-18-23)24-19-11-4-12-20-24;1-15(2)13-8-10-16(11-9-13)14(17)12-6-4-3-5-7-12/h1-20H;3-11H,1-2H3/q-1;+1. The average Bonchev–Trinajstić information content (AvgIpc) is 3.07. The summed E-state index contributed by atoms with van der Waals surface area (Å²) in [5.74, 6) is -0.0177. The van der Waals surface area contributed by atoms with Gasteiger partial charge in [0.05, 0.1) is 5.56 Å². The first-order valence-corrected chi connectivity index (χ1v) is 14.3. The van der Waals surface area contributed by atoms with Gasteiger partial charge < -0.3 is 4.90 Å². The number of hydrogen-bond acceptors (Lipinski definition) is 2. The average molecular weight is 547 g/mol. The largest absolute Gasteiger partial charge is 0.424 e. The summed E-state index contributed by atoms with van der Waals surface area (Å²) in [5.41, 5.74) is 7.12. The molecule has 1 heterocycles. The predicted molar refractivity (Wildman–Crippen MR) is 177 cm³/mol. The van der Waals surface area contributed by atoms with Crippen LogP contribution in [0, 0.1) is 0 Å². The number of aromatic nitrogens is 1. The summed E-state index contributed by atoms with van der Waals surface area (Å²) in [7, 11) is 3.94. The van der Waals surface area contributed by atoms with Crippen LogP contribution in [0.2, 0.25) is 0 Å². The van der Waals surface area contributed by atoms with Gasteiger partial charge in [-0.25, -0.2) is 4.79 Å². The SMILES string of the molecule is CN(C)c1cc[n+](C(=O)c2ccccc2)cc1.c1ccc([B-](c2ccccc2)(c2ccccc2)c2ccccc2)cc1. The Morgan fingerprint density at radius 3 is 1.10 bits per heavy atom. The summed E-state index contributed by atoms with van der Waals surface area (Å²) in [4.78, 5) is 14.1. The molecule has 0 N–H and O–H groups in total. The molecule has 0 aliphatic heterocycles. The van der Waals surface area contributed by atoms with Gasteiger partial charge >= 0.3 is 5.91 Å². The Morgan fingerprint density at radius 2 is 0.786 bits per heavy atom. The van der Waals surface area contributed by atoms with Crippen LogP contribution in [0.3, 0.4) is 0 Å². The molecule has 6 rings (SSSR count). The highest BCUT2D eigenvalue weighted by Crippen LogP contribution is 2.09. The lowest BCUT2D eigenvalue weighted by molar-refractivity contribution is -0.570. The second-order valence-electron chi connectivity index (χ2n) is 10.5. The third-order valence-electron chi connectivity index (χ3n) is 7.78. The molecule has 206 valence electrons. The van der Waals surface area contributed by atoms with Crippen LogP contribution in [0.4, 0.5) is 5.69 Å². The van der Waals surface area contributed by atoms with Gasteiger partial charge in [0, 0.05) is 31.9 Å². The summed E-state index contributed by atoms with van der Waals surface area (Å²) >= 11 is 0. The van der Waals surface area contributed by atoms with Crippen molar-refractivity contribution in [2.75, 3.05) is 19.0 Å². The van der Waals surface area contributed by atoms with E-state index in [1.54, 1.807) is 17.0 Å². The Labute approximate surface area is 249 Å². The molecule has 0 amide bonds. The van der Waals surface area contributed by atoms with Crippen LogP contribution in [-0.2, 0) is 0 Å². The lowest BCUT2D eigenvalue weighted by Gasteiger charge is -2.44. The van der Waals surface area contributed by atoms with Crippen molar-refractivity contribution in [2.24, 2.45) is 0 Å². The molecule has 0 aliphatic rings. The molecule has 0 bridgehead atoms. The van der Waals surface area contributed by atoms with Gasteiger partial charge in [-0.2, -0.15) is 21.9 Å². The lowest BCUT2D eigenvalue weighted by Crippen LogP contribution is -2.74. The van der Waals surface area contributed by atoms with Gasteiger partial charge in [-0.15, -0.1) is 4.57 Å². The first-order valence-electron chi connectivity index (χ1n) is 14.3. The van der Waals surface area contributed by atoms with E-state index < -0.39 is 6.15 Å². The lowest BCUT2D eigenvalue weighted by atomic mass is 9.13. The highest BCUT2D eigenvalue weighted by atomic mass is 16.2. The summed E-state index contributed by atoms with van der Waals surface area (Å²) < 4.78 is 1.59. The smallest absolute Gasteiger partial charge is 0.377 e. The van der Waals surface area contributed by atoms with Crippen molar-refractivity contribution in [3.63, 3.8) is 0 Å². The highest BCUT2D eigenvalue weighted by Gasteiger charge is 2.31. The minimum atomic E-state index is -1.22. The Morgan fingerprint density at radius 1 is 0.476 bits per heavy atom. The molecule has 3 nitrogen and oxygen atoms in total. The van der Waals surface area contributed by atoms with E-state index in [0.29, 0.717) is 5.56 Å². The van der Waals surface area contributed by atoms with E-state index in [0.717, 1.165) is 5.69 Å². The van der Waals surface area contributed by atoms with Crippen LogP contribution in [0.15, 0.2) is 176 Å². The zero-order chi connectivity index (χ0) is 29.2. The maximum atomic E-state index is 12.1. The highest BCUT2D eigenvalue weighted by molar-refractivity contribution is 7.19. The van der Waals surface area contributed by atoms with E-state index in [1.807, 2.05) is 61.5 Å². The molecule has 42 heavy (non-hydrogen) atoms. The Balaban J connectivity index is 0.000000181. The zero-order valence-electron chi connectivity index (χ0n) is 24.1. The van der Waals surface area contributed by atoms with Crippen LogP contribution < -0.4 is 31.3 Å². The van der Waals surface area contributed by atoms with Gasteiger partial charge in [-0.3, -0.25) is 0 Å². The van der Waals surface area contributed by atoms with Gasteiger partial charge in [0.25, 0.3) is 0 Å². The second kappa shape index (κ2) is 13.4. The van der Waals surface area contributed by atoms with Crippen molar-refractivity contribution < 1.29 is 9.36 Å². The van der Waals surface area contributed by atoms with Crippen molar-refractivity contribution in [1.29, 1.82) is 0 Å². The molecule has 6 aromatic rings.